The SMILES string of the molecule is Cc1onc(-c2c(F)cccc2Cl)c1C(=O)NC1CN(C(C)C)CC1C. The molecule has 2 aromatic rings. The van der Waals surface area contributed by atoms with Crippen molar-refractivity contribution in [3.8, 4) is 11.3 Å². The van der Waals surface area contributed by atoms with Gasteiger partial charge < -0.3 is 9.84 Å². The molecule has 1 aliphatic rings. The minimum absolute atomic E-state index is 0.0168. The molecule has 2 heterocycles. The highest BCUT2D eigenvalue weighted by atomic mass is 35.5. The summed E-state index contributed by atoms with van der Waals surface area (Å²) in [6, 6.07) is 4.79. The number of nitrogens with zero attached hydrogens (tertiary/aromatic N) is 2. The summed E-state index contributed by atoms with van der Waals surface area (Å²) in [4.78, 5) is 15.3. The van der Waals surface area contributed by atoms with Crippen molar-refractivity contribution in [3.05, 3.63) is 40.4 Å². The summed E-state index contributed by atoms with van der Waals surface area (Å²) in [6.45, 7) is 9.74. The van der Waals surface area contributed by atoms with Crippen molar-refractivity contribution in [1.29, 1.82) is 0 Å². The lowest BCUT2D eigenvalue weighted by Crippen LogP contribution is -2.40. The van der Waals surface area contributed by atoms with Crippen LogP contribution in [0.2, 0.25) is 5.02 Å². The van der Waals surface area contributed by atoms with Crippen molar-refractivity contribution in [2.45, 2.75) is 39.8 Å². The molecule has 0 radical (unpaired) electrons. The Bertz CT molecular complexity index is 801. The fourth-order valence-corrected chi connectivity index (χ4v) is 3.64. The van der Waals surface area contributed by atoms with Crippen LogP contribution in [-0.4, -0.2) is 41.1 Å². The molecule has 2 unspecified atom stereocenters. The van der Waals surface area contributed by atoms with Crippen LogP contribution < -0.4 is 5.32 Å². The van der Waals surface area contributed by atoms with Crippen molar-refractivity contribution in [2.75, 3.05) is 13.1 Å². The average molecular weight is 380 g/mol. The molecular weight excluding hydrogens is 357 g/mol. The number of carbonyl (C=O) groups is 1. The molecule has 1 aliphatic heterocycles. The van der Waals surface area contributed by atoms with Crippen LogP contribution in [0.3, 0.4) is 0 Å². The number of nitrogens with one attached hydrogen (secondary N) is 1. The van der Waals surface area contributed by atoms with Crippen molar-refractivity contribution >= 4 is 17.5 Å². The highest BCUT2D eigenvalue weighted by molar-refractivity contribution is 6.33. The van der Waals surface area contributed by atoms with E-state index in [4.69, 9.17) is 16.1 Å². The molecule has 140 valence electrons. The highest BCUT2D eigenvalue weighted by Gasteiger charge is 2.34. The standard InChI is InChI=1S/C19H23ClFN3O2/c1-10(2)24-8-11(3)15(9-24)22-19(25)16-12(4)26-23-18(16)17-13(20)6-5-7-14(17)21/h5-7,10-11,15H,8-9H2,1-4H3,(H,22,25). The van der Waals surface area contributed by atoms with Crippen molar-refractivity contribution in [3.63, 3.8) is 0 Å². The van der Waals surface area contributed by atoms with E-state index in [2.05, 4.69) is 36.1 Å². The van der Waals surface area contributed by atoms with Crippen LogP contribution in [0, 0.1) is 18.7 Å². The zero-order valence-corrected chi connectivity index (χ0v) is 16.1. The summed E-state index contributed by atoms with van der Waals surface area (Å²) < 4.78 is 19.5. The fraction of sp³-hybridized carbons (Fsp3) is 0.474. The van der Waals surface area contributed by atoms with Gasteiger partial charge in [-0.15, -0.1) is 0 Å². The Kier molecular flexibility index (Phi) is 5.34. The van der Waals surface area contributed by atoms with E-state index in [9.17, 15) is 9.18 Å². The maximum Gasteiger partial charge on any atom is 0.257 e. The molecule has 0 saturated carbocycles. The van der Waals surface area contributed by atoms with E-state index in [-0.39, 0.29) is 33.8 Å². The van der Waals surface area contributed by atoms with E-state index in [0.717, 1.165) is 13.1 Å². The molecule has 3 rings (SSSR count). The van der Waals surface area contributed by atoms with Gasteiger partial charge in [-0.05, 0) is 38.8 Å². The fourth-order valence-electron chi connectivity index (χ4n) is 3.39. The van der Waals surface area contributed by atoms with Crippen molar-refractivity contribution in [2.24, 2.45) is 5.92 Å². The first-order valence-electron chi connectivity index (χ1n) is 8.75. The molecule has 2 atom stereocenters. The summed E-state index contributed by atoms with van der Waals surface area (Å²) in [5, 5.41) is 7.14. The molecule has 5 nitrogen and oxygen atoms in total. The number of benzene rings is 1. The predicted molar refractivity (Wildman–Crippen MR) is 98.8 cm³/mol. The Hall–Kier alpha value is -1.92. The number of aromatic nitrogens is 1. The van der Waals surface area contributed by atoms with Gasteiger partial charge in [-0.2, -0.15) is 0 Å². The van der Waals surface area contributed by atoms with Gasteiger partial charge in [0.2, 0.25) is 0 Å². The van der Waals surface area contributed by atoms with E-state index < -0.39 is 5.82 Å². The number of carbonyl (C=O) groups excluding carboxylic acids is 1. The number of amides is 1. The quantitative estimate of drug-likeness (QED) is 0.875. The lowest BCUT2D eigenvalue weighted by molar-refractivity contribution is 0.0929. The molecule has 0 bridgehead atoms. The van der Waals surface area contributed by atoms with E-state index in [1.807, 2.05) is 0 Å². The second-order valence-electron chi connectivity index (χ2n) is 7.16. The summed E-state index contributed by atoms with van der Waals surface area (Å²) in [5.41, 5.74) is 0.445. The van der Waals surface area contributed by atoms with Gasteiger partial charge in [0.1, 0.15) is 22.8 Å². The Balaban J connectivity index is 1.89. The van der Waals surface area contributed by atoms with E-state index in [0.29, 0.717) is 17.7 Å². The molecule has 1 aromatic carbocycles. The Labute approximate surface area is 157 Å². The third kappa shape index (κ3) is 3.48. The second-order valence-corrected chi connectivity index (χ2v) is 7.57. The number of rotatable bonds is 4. The third-order valence-electron chi connectivity index (χ3n) is 4.98. The molecule has 26 heavy (non-hydrogen) atoms. The molecule has 1 saturated heterocycles. The second kappa shape index (κ2) is 7.37. The lowest BCUT2D eigenvalue weighted by Gasteiger charge is -2.20. The molecular formula is C19H23ClFN3O2. The molecule has 1 fully saturated rings. The average Bonchev–Trinajstić information content (AvgIpc) is 3.11. The first-order chi connectivity index (χ1) is 12.3. The molecule has 1 N–H and O–H groups in total. The van der Waals surface area contributed by atoms with Gasteiger partial charge in [0, 0.05) is 25.2 Å². The highest BCUT2D eigenvalue weighted by Crippen LogP contribution is 2.33. The van der Waals surface area contributed by atoms with Crippen LogP contribution in [0.1, 0.15) is 36.9 Å². The minimum Gasteiger partial charge on any atom is -0.360 e. The van der Waals surface area contributed by atoms with Gasteiger partial charge in [0.25, 0.3) is 5.91 Å². The van der Waals surface area contributed by atoms with E-state index >= 15 is 0 Å². The molecule has 7 heteroatoms. The van der Waals surface area contributed by atoms with Crippen molar-refractivity contribution in [1.82, 2.24) is 15.4 Å². The summed E-state index contributed by atoms with van der Waals surface area (Å²) in [6.07, 6.45) is 0. The van der Waals surface area contributed by atoms with Crippen LogP contribution >= 0.6 is 11.6 Å². The van der Waals surface area contributed by atoms with Gasteiger partial charge in [-0.3, -0.25) is 9.69 Å². The zero-order valence-electron chi connectivity index (χ0n) is 15.3. The molecule has 1 aromatic heterocycles. The van der Waals surface area contributed by atoms with Crippen LogP contribution in [0.4, 0.5) is 4.39 Å². The molecule has 1 amide bonds. The van der Waals surface area contributed by atoms with E-state index in [1.54, 1.807) is 13.0 Å². The molecule has 0 aliphatic carbocycles. The Morgan fingerprint density at radius 2 is 2.15 bits per heavy atom. The maximum absolute atomic E-state index is 14.3. The summed E-state index contributed by atoms with van der Waals surface area (Å²) in [7, 11) is 0. The predicted octanol–water partition coefficient (Wildman–Crippen LogP) is 3.90. The Morgan fingerprint density at radius 3 is 2.77 bits per heavy atom. The summed E-state index contributed by atoms with van der Waals surface area (Å²) >= 11 is 6.14. The normalized spacial score (nSPS) is 20.7. The first kappa shape index (κ1) is 18.9. The number of halogens is 2. The number of hydrogen-bond acceptors (Lipinski definition) is 4. The van der Waals surface area contributed by atoms with Crippen LogP contribution in [0.25, 0.3) is 11.3 Å². The monoisotopic (exact) mass is 379 g/mol. The topological polar surface area (TPSA) is 58.4 Å². The number of hydrogen-bond donors (Lipinski definition) is 1. The van der Waals surface area contributed by atoms with Crippen LogP contribution in [0.15, 0.2) is 22.7 Å². The van der Waals surface area contributed by atoms with Gasteiger partial charge in [0.05, 0.1) is 10.6 Å². The van der Waals surface area contributed by atoms with Gasteiger partial charge in [-0.25, -0.2) is 4.39 Å². The maximum atomic E-state index is 14.3. The number of aryl methyl sites for hydroxylation is 1. The van der Waals surface area contributed by atoms with Crippen LogP contribution in [-0.2, 0) is 0 Å². The van der Waals surface area contributed by atoms with E-state index in [1.165, 1.54) is 12.1 Å². The lowest BCUT2D eigenvalue weighted by atomic mass is 10.0. The minimum atomic E-state index is -0.542. The van der Waals surface area contributed by atoms with Gasteiger partial charge in [0.15, 0.2) is 0 Å². The summed E-state index contributed by atoms with van der Waals surface area (Å²) in [5.74, 6) is -0.203. The van der Waals surface area contributed by atoms with Crippen LogP contribution in [0.5, 0.6) is 0 Å². The first-order valence-corrected chi connectivity index (χ1v) is 9.13. The smallest absolute Gasteiger partial charge is 0.257 e. The van der Waals surface area contributed by atoms with Gasteiger partial charge >= 0.3 is 0 Å². The largest absolute Gasteiger partial charge is 0.360 e. The van der Waals surface area contributed by atoms with Crippen molar-refractivity contribution < 1.29 is 13.7 Å². The molecule has 0 spiro atoms. The zero-order chi connectivity index (χ0) is 19.0. The Morgan fingerprint density at radius 1 is 1.42 bits per heavy atom. The number of likely N-dealkylation sites (tertiary alicyclic amines) is 1. The third-order valence-corrected chi connectivity index (χ3v) is 5.29. The van der Waals surface area contributed by atoms with Gasteiger partial charge in [-0.1, -0.05) is 29.7 Å².